The molecule has 0 fully saturated rings. The molecule has 4 nitrogen and oxygen atoms in total. The summed E-state index contributed by atoms with van der Waals surface area (Å²) in [6, 6.07) is 0. The fourth-order valence-electron chi connectivity index (χ4n) is 1.14. The summed E-state index contributed by atoms with van der Waals surface area (Å²) in [5, 5.41) is 0. The molecular weight excluding hydrogens is 220 g/mol. The molecule has 4 heteroatoms. The summed E-state index contributed by atoms with van der Waals surface area (Å²) in [6.45, 7) is 10.7. The lowest BCUT2D eigenvalue weighted by Gasteiger charge is -2.19. The number of rotatable bonds is 9. The standard InChI is InChI=1S/C13H26O4/c1-6-7-8-15-12(5)17-11(4)13(14)16-9-10(2)3/h10-12H,6-9H2,1-5H3/t11-,12?/m1/s1. The third kappa shape index (κ3) is 9.12. The van der Waals surface area contributed by atoms with Crippen molar-refractivity contribution in [3.05, 3.63) is 0 Å². The van der Waals surface area contributed by atoms with Crippen LogP contribution < -0.4 is 0 Å². The summed E-state index contributed by atoms with van der Waals surface area (Å²) < 4.78 is 15.9. The Hall–Kier alpha value is -0.610. The monoisotopic (exact) mass is 246 g/mol. The van der Waals surface area contributed by atoms with Crippen LogP contribution in [0.5, 0.6) is 0 Å². The van der Waals surface area contributed by atoms with Gasteiger partial charge in [-0.2, -0.15) is 0 Å². The molecule has 2 atom stereocenters. The van der Waals surface area contributed by atoms with Crippen molar-refractivity contribution >= 4 is 5.97 Å². The maximum absolute atomic E-state index is 11.5. The van der Waals surface area contributed by atoms with Gasteiger partial charge in [0.05, 0.1) is 6.61 Å². The lowest BCUT2D eigenvalue weighted by molar-refractivity contribution is -0.186. The van der Waals surface area contributed by atoms with E-state index in [1.807, 2.05) is 13.8 Å². The third-order valence-corrected chi connectivity index (χ3v) is 2.14. The van der Waals surface area contributed by atoms with Gasteiger partial charge in [0.15, 0.2) is 12.4 Å². The van der Waals surface area contributed by atoms with Crippen molar-refractivity contribution in [1.82, 2.24) is 0 Å². The average Bonchev–Trinajstić information content (AvgIpc) is 2.26. The van der Waals surface area contributed by atoms with Crippen LogP contribution in [0.3, 0.4) is 0 Å². The molecule has 0 aromatic rings. The quantitative estimate of drug-likeness (QED) is 0.356. The molecule has 0 aliphatic rings. The predicted molar refractivity (Wildman–Crippen MR) is 66.7 cm³/mol. The molecular formula is C13H26O4. The van der Waals surface area contributed by atoms with Crippen molar-refractivity contribution in [3.63, 3.8) is 0 Å². The number of carbonyl (C=O) groups is 1. The molecule has 0 rings (SSSR count). The van der Waals surface area contributed by atoms with Crippen molar-refractivity contribution in [2.24, 2.45) is 5.92 Å². The van der Waals surface area contributed by atoms with Gasteiger partial charge in [0, 0.05) is 6.61 Å². The SMILES string of the molecule is CCCCOC(C)O[C@H](C)C(=O)OCC(C)C. The van der Waals surface area contributed by atoms with Gasteiger partial charge in [-0.15, -0.1) is 0 Å². The molecule has 0 saturated carbocycles. The molecule has 1 unspecified atom stereocenters. The minimum absolute atomic E-state index is 0.329. The molecule has 0 N–H and O–H groups in total. The maximum Gasteiger partial charge on any atom is 0.335 e. The van der Waals surface area contributed by atoms with Crippen LogP contribution in [0.4, 0.5) is 0 Å². The van der Waals surface area contributed by atoms with E-state index in [-0.39, 0.29) is 12.3 Å². The Kier molecular flexibility index (Phi) is 9.09. The van der Waals surface area contributed by atoms with Gasteiger partial charge in [0.2, 0.25) is 0 Å². The van der Waals surface area contributed by atoms with Crippen molar-refractivity contribution in [2.75, 3.05) is 13.2 Å². The topological polar surface area (TPSA) is 44.8 Å². The number of ether oxygens (including phenoxy) is 3. The van der Waals surface area contributed by atoms with Gasteiger partial charge >= 0.3 is 5.97 Å². The zero-order valence-corrected chi connectivity index (χ0v) is 11.7. The Morgan fingerprint density at radius 1 is 1.18 bits per heavy atom. The van der Waals surface area contributed by atoms with Crippen molar-refractivity contribution in [3.8, 4) is 0 Å². The second kappa shape index (κ2) is 9.42. The van der Waals surface area contributed by atoms with Crippen LogP contribution in [0.25, 0.3) is 0 Å². The molecule has 0 heterocycles. The van der Waals surface area contributed by atoms with Crippen molar-refractivity contribution < 1.29 is 19.0 Å². The second-order valence-corrected chi connectivity index (χ2v) is 4.59. The fourth-order valence-corrected chi connectivity index (χ4v) is 1.14. The molecule has 0 aromatic heterocycles. The summed E-state index contributed by atoms with van der Waals surface area (Å²) in [5.74, 6) is 0.00835. The first-order valence-electron chi connectivity index (χ1n) is 6.41. The van der Waals surface area contributed by atoms with E-state index in [4.69, 9.17) is 14.2 Å². The lowest BCUT2D eigenvalue weighted by Crippen LogP contribution is -2.29. The van der Waals surface area contributed by atoms with Crippen LogP contribution in [0, 0.1) is 5.92 Å². The Morgan fingerprint density at radius 3 is 2.35 bits per heavy atom. The molecule has 102 valence electrons. The van der Waals surface area contributed by atoms with Gasteiger partial charge in [-0.3, -0.25) is 0 Å². The number of hydrogen-bond acceptors (Lipinski definition) is 4. The second-order valence-electron chi connectivity index (χ2n) is 4.59. The number of hydrogen-bond donors (Lipinski definition) is 0. The first kappa shape index (κ1) is 16.4. The molecule has 0 aromatic carbocycles. The third-order valence-electron chi connectivity index (χ3n) is 2.14. The fraction of sp³-hybridized carbons (Fsp3) is 0.923. The molecule has 0 amide bonds. The van der Waals surface area contributed by atoms with E-state index in [1.165, 1.54) is 0 Å². The van der Waals surface area contributed by atoms with Crippen LogP contribution in [0.15, 0.2) is 0 Å². The van der Waals surface area contributed by atoms with E-state index >= 15 is 0 Å². The average molecular weight is 246 g/mol. The first-order chi connectivity index (χ1) is 7.97. The molecule has 0 aliphatic carbocycles. The van der Waals surface area contributed by atoms with Gasteiger partial charge in [-0.25, -0.2) is 4.79 Å². The highest BCUT2D eigenvalue weighted by Crippen LogP contribution is 2.04. The maximum atomic E-state index is 11.5. The zero-order valence-electron chi connectivity index (χ0n) is 11.7. The predicted octanol–water partition coefficient (Wildman–Crippen LogP) is 2.75. The molecule has 0 aliphatic heterocycles. The van der Waals surface area contributed by atoms with Gasteiger partial charge in [-0.05, 0) is 26.2 Å². The summed E-state index contributed by atoms with van der Waals surface area (Å²) in [4.78, 5) is 11.5. The smallest absolute Gasteiger partial charge is 0.335 e. The lowest BCUT2D eigenvalue weighted by atomic mass is 10.2. The minimum atomic E-state index is -0.578. The van der Waals surface area contributed by atoms with Crippen LogP contribution in [-0.4, -0.2) is 31.6 Å². The molecule has 0 bridgehead atoms. The Morgan fingerprint density at radius 2 is 1.82 bits per heavy atom. The van der Waals surface area contributed by atoms with E-state index in [0.29, 0.717) is 19.1 Å². The zero-order chi connectivity index (χ0) is 13.3. The number of esters is 1. The molecule has 0 saturated heterocycles. The molecule has 0 radical (unpaired) electrons. The van der Waals surface area contributed by atoms with Crippen LogP contribution in [0.1, 0.15) is 47.5 Å². The Labute approximate surface area is 105 Å². The largest absolute Gasteiger partial charge is 0.464 e. The van der Waals surface area contributed by atoms with E-state index in [2.05, 4.69) is 6.92 Å². The van der Waals surface area contributed by atoms with E-state index in [1.54, 1.807) is 13.8 Å². The van der Waals surface area contributed by atoms with Gasteiger partial charge in [0.25, 0.3) is 0 Å². The van der Waals surface area contributed by atoms with E-state index < -0.39 is 6.10 Å². The number of unbranched alkanes of at least 4 members (excludes halogenated alkanes) is 1. The summed E-state index contributed by atoms with van der Waals surface area (Å²) in [5.41, 5.74) is 0. The van der Waals surface area contributed by atoms with E-state index in [9.17, 15) is 4.79 Å². The highest BCUT2D eigenvalue weighted by molar-refractivity contribution is 5.74. The van der Waals surface area contributed by atoms with Gasteiger partial charge < -0.3 is 14.2 Å². The molecule has 17 heavy (non-hydrogen) atoms. The molecule has 0 spiro atoms. The van der Waals surface area contributed by atoms with E-state index in [0.717, 1.165) is 12.8 Å². The number of carbonyl (C=O) groups excluding carboxylic acids is 1. The van der Waals surface area contributed by atoms with Crippen LogP contribution >= 0.6 is 0 Å². The van der Waals surface area contributed by atoms with Crippen molar-refractivity contribution in [1.29, 1.82) is 0 Å². The van der Waals surface area contributed by atoms with Crippen molar-refractivity contribution in [2.45, 2.75) is 59.9 Å². The van der Waals surface area contributed by atoms with Gasteiger partial charge in [0.1, 0.15) is 0 Å². The highest BCUT2D eigenvalue weighted by Gasteiger charge is 2.18. The Balaban J connectivity index is 3.74. The van der Waals surface area contributed by atoms with Crippen LogP contribution in [0.2, 0.25) is 0 Å². The normalized spacial score (nSPS) is 14.7. The summed E-state index contributed by atoms with van der Waals surface area (Å²) in [7, 11) is 0. The summed E-state index contributed by atoms with van der Waals surface area (Å²) in [6.07, 6.45) is 1.13. The van der Waals surface area contributed by atoms with Gasteiger partial charge in [-0.1, -0.05) is 27.2 Å². The first-order valence-corrected chi connectivity index (χ1v) is 6.41. The summed E-state index contributed by atoms with van der Waals surface area (Å²) >= 11 is 0. The highest BCUT2D eigenvalue weighted by atomic mass is 16.7. The minimum Gasteiger partial charge on any atom is -0.464 e. The van der Waals surface area contributed by atoms with Crippen LogP contribution in [-0.2, 0) is 19.0 Å². The Bertz CT molecular complexity index is 204.